The minimum absolute atomic E-state index is 0.206. The van der Waals surface area contributed by atoms with Crippen LogP contribution in [0.2, 0.25) is 0 Å². The van der Waals surface area contributed by atoms with E-state index in [1.165, 1.54) is 0 Å². The van der Waals surface area contributed by atoms with E-state index >= 15 is 0 Å². The molecular weight excluding hydrogens is 280 g/mol. The fourth-order valence-corrected chi connectivity index (χ4v) is 3.41. The Morgan fingerprint density at radius 3 is 2.80 bits per heavy atom. The van der Waals surface area contributed by atoms with E-state index in [0.717, 1.165) is 25.9 Å². The molecule has 0 bridgehead atoms. The Morgan fingerprint density at radius 1 is 1.35 bits per heavy atom. The molecule has 20 heavy (non-hydrogen) atoms. The number of anilines is 1. The Bertz CT molecular complexity index is 568. The number of hydrogen-bond donors (Lipinski definition) is 1. The SMILES string of the molecule is O=S(=O)(NCc1ccnc(N2CCOCC2)n1)C1CC1. The minimum Gasteiger partial charge on any atom is -0.378 e. The van der Waals surface area contributed by atoms with Crippen LogP contribution in [-0.2, 0) is 21.3 Å². The third-order valence-corrected chi connectivity index (χ3v) is 5.31. The van der Waals surface area contributed by atoms with Gasteiger partial charge in [0, 0.05) is 19.3 Å². The van der Waals surface area contributed by atoms with Gasteiger partial charge in [-0.05, 0) is 18.9 Å². The molecule has 0 radical (unpaired) electrons. The number of nitrogens with zero attached hydrogens (tertiary/aromatic N) is 3. The van der Waals surface area contributed by atoms with Gasteiger partial charge in [0.15, 0.2) is 0 Å². The van der Waals surface area contributed by atoms with Crippen molar-refractivity contribution in [2.24, 2.45) is 0 Å². The molecule has 1 aliphatic heterocycles. The molecule has 3 rings (SSSR count). The highest BCUT2D eigenvalue weighted by atomic mass is 32.2. The maximum atomic E-state index is 11.8. The lowest BCUT2D eigenvalue weighted by atomic mass is 10.4. The van der Waals surface area contributed by atoms with Gasteiger partial charge in [0.2, 0.25) is 16.0 Å². The highest BCUT2D eigenvalue weighted by Crippen LogP contribution is 2.27. The molecule has 1 aliphatic carbocycles. The van der Waals surface area contributed by atoms with E-state index in [2.05, 4.69) is 14.7 Å². The summed E-state index contributed by atoms with van der Waals surface area (Å²) >= 11 is 0. The lowest BCUT2D eigenvalue weighted by Gasteiger charge is -2.26. The van der Waals surface area contributed by atoms with Gasteiger partial charge in [0.1, 0.15) is 0 Å². The number of nitrogens with one attached hydrogen (secondary N) is 1. The van der Waals surface area contributed by atoms with Crippen LogP contribution in [-0.4, -0.2) is 49.9 Å². The molecule has 2 fully saturated rings. The molecule has 0 amide bonds. The first-order chi connectivity index (χ1) is 9.65. The second kappa shape index (κ2) is 5.63. The number of morpholine rings is 1. The van der Waals surface area contributed by atoms with Crippen LogP contribution in [0.15, 0.2) is 12.3 Å². The Morgan fingerprint density at radius 2 is 2.10 bits per heavy atom. The minimum atomic E-state index is -3.17. The monoisotopic (exact) mass is 298 g/mol. The highest BCUT2D eigenvalue weighted by Gasteiger charge is 2.35. The Hall–Kier alpha value is -1.25. The van der Waals surface area contributed by atoms with Gasteiger partial charge >= 0.3 is 0 Å². The number of sulfonamides is 1. The molecule has 7 nitrogen and oxygen atoms in total. The van der Waals surface area contributed by atoms with Crippen molar-refractivity contribution < 1.29 is 13.2 Å². The molecular formula is C12H18N4O3S. The average molecular weight is 298 g/mol. The van der Waals surface area contributed by atoms with Crippen LogP contribution < -0.4 is 9.62 Å². The average Bonchev–Trinajstić information content (AvgIpc) is 3.32. The van der Waals surface area contributed by atoms with E-state index in [-0.39, 0.29) is 11.8 Å². The molecule has 2 aliphatic rings. The van der Waals surface area contributed by atoms with Crippen LogP contribution in [0.25, 0.3) is 0 Å². The molecule has 0 aromatic carbocycles. The molecule has 0 atom stereocenters. The second-order valence-corrected chi connectivity index (χ2v) is 7.06. The van der Waals surface area contributed by atoms with E-state index < -0.39 is 10.0 Å². The summed E-state index contributed by atoms with van der Waals surface area (Å²) in [6.07, 6.45) is 3.19. The fraction of sp³-hybridized carbons (Fsp3) is 0.667. The molecule has 1 saturated carbocycles. The van der Waals surface area contributed by atoms with Gasteiger partial charge in [-0.1, -0.05) is 0 Å². The zero-order valence-corrected chi connectivity index (χ0v) is 12.0. The number of rotatable bonds is 5. The highest BCUT2D eigenvalue weighted by molar-refractivity contribution is 7.90. The first-order valence-electron chi connectivity index (χ1n) is 6.78. The summed E-state index contributed by atoms with van der Waals surface area (Å²) < 4.78 is 31.4. The molecule has 0 unspecified atom stereocenters. The number of ether oxygens (including phenoxy) is 1. The quantitative estimate of drug-likeness (QED) is 0.817. The van der Waals surface area contributed by atoms with Crippen molar-refractivity contribution in [3.63, 3.8) is 0 Å². The van der Waals surface area contributed by atoms with E-state index in [0.29, 0.717) is 24.9 Å². The third kappa shape index (κ3) is 3.25. The second-order valence-electron chi connectivity index (χ2n) is 5.01. The first-order valence-corrected chi connectivity index (χ1v) is 8.33. The van der Waals surface area contributed by atoms with Gasteiger partial charge in [0.05, 0.1) is 30.7 Å². The van der Waals surface area contributed by atoms with Crippen LogP contribution in [0.4, 0.5) is 5.95 Å². The Labute approximate surface area is 118 Å². The number of aromatic nitrogens is 2. The zero-order chi connectivity index (χ0) is 14.0. The molecule has 8 heteroatoms. The maximum absolute atomic E-state index is 11.8. The molecule has 1 N–H and O–H groups in total. The predicted octanol–water partition coefficient (Wildman–Crippen LogP) is -0.105. The van der Waals surface area contributed by atoms with Crippen molar-refractivity contribution in [1.29, 1.82) is 0 Å². The van der Waals surface area contributed by atoms with Crippen molar-refractivity contribution >= 4 is 16.0 Å². The van der Waals surface area contributed by atoms with Gasteiger partial charge < -0.3 is 9.64 Å². The number of hydrogen-bond acceptors (Lipinski definition) is 6. The summed E-state index contributed by atoms with van der Waals surface area (Å²) in [5, 5.41) is -0.206. The van der Waals surface area contributed by atoms with Gasteiger partial charge in [-0.25, -0.2) is 23.1 Å². The van der Waals surface area contributed by atoms with Crippen molar-refractivity contribution in [3.8, 4) is 0 Å². The maximum Gasteiger partial charge on any atom is 0.225 e. The van der Waals surface area contributed by atoms with E-state index in [1.807, 2.05) is 4.90 Å². The van der Waals surface area contributed by atoms with Crippen LogP contribution in [0, 0.1) is 0 Å². The van der Waals surface area contributed by atoms with Crippen molar-refractivity contribution in [3.05, 3.63) is 18.0 Å². The molecule has 0 spiro atoms. The van der Waals surface area contributed by atoms with Gasteiger partial charge in [-0.2, -0.15) is 0 Å². The molecule has 2 heterocycles. The Kier molecular flexibility index (Phi) is 3.86. The van der Waals surface area contributed by atoms with Crippen molar-refractivity contribution in [2.75, 3.05) is 31.2 Å². The first kappa shape index (κ1) is 13.7. The lowest BCUT2D eigenvalue weighted by Crippen LogP contribution is -2.37. The van der Waals surface area contributed by atoms with Gasteiger partial charge in [-0.3, -0.25) is 0 Å². The van der Waals surface area contributed by atoms with E-state index in [4.69, 9.17) is 4.74 Å². The standard InChI is InChI=1S/C12H18N4O3S/c17-20(18,11-1-2-11)14-9-10-3-4-13-12(15-10)16-5-7-19-8-6-16/h3-4,11,14H,1-2,5-9H2. The van der Waals surface area contributed by atoms with Gasteiger partial charge in [-0.15, -0.1) is 0 Å². The molecule has 1 aromatic rings. The Balaban J connectivity index is 1.64. The van der Waals surface area contributed by atoms with Crippen LogP contribution >= 0.6 is 0 Å². The van der Waals surface area contributed by atoms with Crippen LogP contribution in [0.1, 0.15) is 18.5 Å². The topological polar surface area (TPSA) is 84.4 Å². The van der Waals surface area contributed by atoms with Gasteiger partial charge in [0.25, 0.3) is 0 Å². The summed E-state index contributed by atoms with van der Waals surface area (Å²) in [6, 6.07) is 1.74. The van der Waals surface area contributed by atoms with Crippen molar-refractivity contribution in [2.45, 2.75) is 24.6 Å². The molecule has 110 valence electrons. The van der Waals surface area contributed by atoms with Crippen molar-refractivity contribution in [1.82, 2.24) is 14.7 Å². The largest absolute Gasteiger partial charge is 0.378 e. The summed E-state index contributed by atoms with van der Waals surface area (Å²) in [4.78, 5) is 10.7. The van der Waals surface area contributed by atoms with E-state index in [9.17, 15) is 8.42 Å². The third-order valence-electron chi connectivity index (χ3n) is 3.41. The smallest absolute Gasteiger partial charge is 0.225 e. The van der Waals surface area contributed by atoms with Crippen LogP contribution in [0.5, 0.6) is 0 Å². The predicted molar refractivity (Wildman–Crippen MR) is 73.8 cm³/mol. The van der Waals surface area contributed by atoms with E-state index in [1.54, 1.807) is 12.3 Å². The molecule has 1 aromatic heterocycles. The summed E-state index contributed by atoms with van der Waals surface area (Å²) in [5.74, 6) is 0.636. The summed E-state index contributed by atoms with van der Waals surface area (Å²) in [7, 11) is -3.17. The summed E-state index contributed by atoms with van der Waals surface area (Å²) in [6.45, 7) is 3.08. The summed E-state index contributed by atoms with van der Waals surface area (Å²) in [5.41, 5.74) is 0.686. The normalized spacial score (nSPS) is 20.1. The molecule has 1 saturated heterocycles. The zero-order valence-electron chi connectivity index (χ0n) is 11.2. The van der Waals surface area contributed by atoms with Crippen LogP contribution in [0.3, 0.4) is 0 Å². The lowest BCUT2D eigenvalue weighted by molar-refractivity contribution is 0.122. The fourth-order valence-electron chi connectivity index (χ4n) is 2.07.